The molecule has 0 saturated carbocycles. The molecular formula is C34H43N5O6. The second-order valence-corrected chi connectivity index (χ2v) is 11.3. The van der Waals surface area contributed by atoms with Crippen LogP contribution in [0, 0.1) is 11.8 Å². The Morgan fingerprint density at radius 1 is 0.778 bits per heavy atom. The first-order valence-corrected chi connectivity index (χ1v) is 15.1. The quantitative estimate of drug-likeness (QED) is 0.173. The van der Waals surface area contributed by atoms with Crippen LogP contribution in [0.25, 0.3) is 0 Å². The maximum atomic E-state index is 13.6. The molecule has 0 saturated heterocycles. The standard InChI is InChI=1S/C34H43N5O6/c1-5-23(4)30(36-20-25-15-17-35-18-16-25)33(43)39-31(41)28(19-24-11-13-27(40)14-12-24)37-32(42)29(22(2)3)38-34(44)45-21-26-9-7-6-8-10-26/h6-18,22-23,28-30,36,40H,5,19-21H2,1-4H3,(H,37,42)(H,38,44)(H,39,41,43)/t23-,28-,29-,30-/m0/s1. The summed E-state index contributed by atoms with van der Waals surface area (Å²) in [4.78, 5) is 57.1. The molecule has 0 fully saturated rings. The van der Waals surface area contributed by atoms with Crippen molar-refractivity contribution in [3.8, 4) is 5.75 Å². The SMILES string of the molecule is CC[C@H](C)[C@H](NCc1ccncc1)C(=O)NC(=O)[C@H](Cc1ccc(O)cc1)NC(=O)[C@@H](NC(=O)OCc1ccccc1)C(C)C. The third-order valence-electron chi connectivity index (χ3n) is 7.46. The van der Waals surface area contributed by atoms with Crippen molar-refractivity contribution in [2.75, 3.05) is 0 Å². The van der Waals surface area contributed by atoms with Gasteiger partial charge in [0.1, 0.15) is 24.4 Å². The molecule has 240 valence electrons. The van der Waals surface area contributed by atoms with Gasteiger partial charge in [0, 0.05) is 25.4 Å². The molecule has 3 rings (SSSR count). The zero-order chi connectivity index (χ0) is 32.8. The Balaban J connectivity index is 1.73. The fourth-order valence-electron chi connectivity index (χ4n) is 4.57. The number of amides is 4. The maximum absolute atomic E-state index is 13.6. The lowest BCUT2D eigenvalue weighted by atomic mass is 9.97. The zero-order valence-corrected chi connectivity index (χ0v) is 26.2. The van der Waals surface area contributed by atoms with E-state index in [-0.39, 0.29) is 30.6 Å². The van der Waals surface area contributed by atoms with Gasteiger partial charge in [0.15, 0.2) is 0 Å². The number of phenols is 1. The van der Waals surface area contributed by atoms with Crippen LogP contribution in [0.4, 0.5) is 4.79 Å². The van der Waals surface area contributed by atoms with Gasteiger partial charge in [-0.05, 0) is 52.8 Å². The van der Waals surface area contributed by atoms with Crippen LogP contribution in [0.1, 0.15) is 50.8 Å². The molecule has 45 heavy (non-hydrogen) atoms. The molecule has 1 aromatic heterocycles. The molecule has 0 unspecified atom stereocenters. The molecule has 0 aliphatic heterocycles. The molecule has 0 aliphatic rings. The number of nitrogens with zero attached hydrogens (tertiary/aromatic N) is 1. The zero-order valence-electron chi connectivity index (χ0n) is 26.2. The summed E-state index contributed by atoms with van der Waals surface area (Å²) in [6.07, 6.45) is 3.27. The van der Waals surface area contributed by atoms with E-state index in [0.717, 1.165) is 11.1 Å². The number of carbonyl (C=O) groups is 4. The Morgan fingerprint density at radius 2 is 1.44 bits per heavy atom. The van der Waals surface area contributed by atoms with E-state index in [1.807, 2.05) is 56.3 Å². The van der Waals surface area contributed by atoms with Gasteiger partial charge in [0.05, 0.1) is 6.04 Å². The predicted octanol–water partition coefficient (Wildman–Crippen LogP) is 3.61. The van der Waals surface area contributed by atoms with Gasteiger partial charge in [-0.3, -0.25) is 24.7 Å². The van der Waals surface area contributed by atoms with Gasteiger partial charge in [-0.2, -0.15) is 0 Å². The fourth-order valence-corrected chi connectivity index (χ4v) is 4.57. The molecule has 0 bridgehead atoms. The number of hydrogen-bond donors (Lipinski definition) is 5. The molecule has 2 aromatic carbocycles. The van der Waals surface area contributed by atoms with Crippen molar-refractivity contribution in [3.63, 3.8) is 0 Å². The van der Waals surface area contributed by atoms with Crippen LogP contribution >= 0.6 is 0 Å². The van der Waals surface area contributed by atoms with E-state index in [1.54, 1.807) is 38.4 Å². The van der Waals surface area contributed by atoms with Crippen LogP contribution in [0.15, 0.2) is 79.1 Å². The molecule has 3 aromatic rings. The van der Waals surface area contributed by atoms with Crippen molar-refractivity contribution in [3.05, 3.63) is 95.8 Å². The van der Waals surface area contributed by atoms with Crippen molar-refractivity contribution in [2.24, 2.45) is 11.8 Å². The van der Waals surface area contributed by atoms with Crippen LogP contribution in [-0.4, -0.2) is 52.0 Å². The minimum absolute atomic E-state index is 0.0274. The van der Waals surface area contributed by atoms with Crippen molar-refractivity contribution in [2.45, 2.75) is 71.8 Å². The van der Waals surface area contributed by atoms with E-state index in [0.29, 0.717) is 18.5 Å². The summed E-state index contributed by atoms with van der Waals surface area (Å²) >= 11 is 0. The lowest BCUT2D eigenvalue weighted by Gasteiger charge is -2.27. The van der Waals surface area contributed by atoms with E-state index in [1.165, 1.54) is 12.1 Å². The highest BCUT2D eigenvalue weighted by Crippen LogP contribution is 2.14. The number of hydrogen-bond acceptors (Lipinski definition) is 8. The number of alkyl carbamates (subject to hydrolysis) is 1. The Kier molecular flexibility index (Phi) is 13.5. The number of benzene rings is 2. The van der Waals surface area contributed by atoms with Gasteiger partial charge >= 0.3 is 6.09 Å². The number of aromatic hydroxyl groups is 1. The minimum Gasteiger partial charge on any atom is -0.508 e. The molecule has 0 spiro atoms. The normalized spacial score (nSPS) is 13.6. The predicted molar refractivity (Wildman–Crippen MR) is 170 cm³/mol. The van der Waals surface area contributed by atoms with Crippen molar-refractivity contribution >= 4 is 23.8 Å². The van der Waals surface area contributed by atoms with Crippen LogP contribution < -0.4 is 21.3 Å². The highest BCUT2D eigenvalue weighted by Gasteiger charge is 2.32. The first-order chi connectivity index (χ1) is 21.6. The molecule has 11 heteroatoms. The minimum atomic E-state index is -1.16. The van der Waals surface area contributed by atoms with Gasteiger partial charge in [-0.15, -0.1) is 0 Å². The second kappa shape index (κ2) is 17.5. The number of carbonyl (C=O) groups excluding carboxylic acids is 4. The van der Waals surface area contributed by atoms with Gasteiger partial charge in [0.2, 0.25) is 17.7 Å². The molecule has 0 radical (unpaired) electrons. The molecule has 1 heterocycles. The highest BCUT2D eigenvalue weighted by atomic mass is 16.5. The number of ether oxygens (including phenoxy) is 1. The molecule has 4 amide bonds. The van der Waals surface area contributed by atoms with Crippen molar-refractivity contribution in [1.29, 1.82) is 0 Å². The topological polar surface area (TPSA) is 159 Å². The van der Waals surface area contributed by atoms with E-state index in [2.05, 4.69) is 26.3 Å². The van der Waals surface area contributed by atoms with Crippen LogP contribution in [-0.2, 0) is 38.7 Å². The lowest BCUT2D eigenvalue weighted by molar-refractivity contribution is -0.136. The fraction of sp³-hybridized carbons (Fsp3) is 0.382. The van der Waals surface area contributed by atoms with Gasteiger partial charge < -0.3 is 25.8 Å². The Labute approximate surface area is 264 Å². The number of phenolic OH excluding ortho intramolecular Hbond substituents is 1. The van der Waals surface area contributed by atoms with E-state index < -0.39 is 41.9 Å². The number of imide groups is 1. The smallest absolute Gasteiger partial charge is 0.408 e. The van der Waals surface area contributed by atoms with Crippen LogP contribution in [0.3, 0.4) is 0 Å². The second-order valence-electron chi connectivity index (χ2n) is 11.3. The first-order valence-electron chi connectivity index (χ1n) is 15.1. The van der Waals surface area contributed by atoms with Gasteiger partial charge in [-0.25, -0.2) is 4.79 Å². The highest BCUT2D eigenvalue weighted by molar-refractivity contribution is 6.01. The molecule has 5 N–H and O–H groups in total. The molecular weight excluding hydrogens is 574 g/mol. The van der Waals surface area contributed by atoms with E-state index in [9.17, 15) is 24.3 Å². The van der Waals surface area contributed by atoms with Gasteiger partial charge in [-0.1, -0.05) is 76.6 Å². The number of rotatable bonds is 15. The average molecular weight is 618 g/mol. The molecule has 0 aliphatic carbocycles. The number of nitrogens with one attached hydrogen (secondary N) is 4. The third kappa shape index (κ3) is 11.3. The van der Waals surface area contributed by atoms with Crippen molar-refractivity contribution in [1.82, 2.24) is 26.3 Å². The summed E-state index contributed by atoms with van der Waals surface area (Å²) in [7, 11) is 0. The Hall–Kier alpha value is -4.77. The summed E-state index contributed by atoms with van der Waals surface area (Å²) in [5.74, 6) is -2.22. The Bertz CT molecular complexity index is 1390. The van der Waals surface area contributed by atoms with Crippen LogP contribution in [0.5, 0.6) is 5.75 Å². The number of aromatic nitrogens is 1. The lowest BCUT2D eigenvalue weighted by Crippen LogP contribution is -2.58. The first kappa shape index (κ1) is 34.7. The average Bonchev–Trinajstić information content (AvgIpc) is 3.04. The van der Waals surface area contributed by atoms with Crippen molar-refractivity contribution < 1.29 is 29.0 Å². The monoisotopic (exact) mass is 617 g/mol. The van der Waals surface area contributed by atoms with Crippen LogP contribution in [0.2, 0.25) is 0 Å². The Morgan fingerprint density at radius 3 is 2.07 bits per heavy atom. The summed E-state index contributed by atoms with van der Waals surface area (Å²) in [6.45, 7) is 7.81. The maximum Gasteiger partial charge on any atom is 0.408 e. The number of pyridine rings is 1. The summed E-state index contributed by atoms with van der Waals surface area (Å²) in [5, 5.41) is 20.8. The largest absolute Gasteiger partial charge is 0.508 e. The molecule has 11 nitrogen and oxygen atoms in total. The third-order valence-corrected chi connectivity index (χ3v) is 7.46. The summed E-state index contributed by atoms with van der Waals surface area (Å²) < 4.78 is 5.30. The summed E-state index contributed by atoms with van der Waals surface area (Å²) in [5.41, 5.74) is 2.37. The molecule has 4 atom stereocenters. The summed E-state index contributed by atoms with van der Waals surface area (Å²) in [6, 6.07) is 16.1. The van der Waals surface area contributed by atoms with Gasteiger partial charge in [0.25, 0.3) is 0 Å². The van der Waals surface area contributed by atoms with E-state index >= 15 is 0 Å². The van der Waals surface area contributed by atoms with E-state index in [4.69, 9.17) is 4.74 Å².